The average Bonchev–Trinajstić information content (AvgIpc) is 3.15. The van der Waals surface area contributed by atoms with Gasteiger partial charge in [0, 0.05) is 17.1 Å². The van der Waals surface area contributed by atoms with Crippen LogP contribution in [0.15, 0.2) is 35.2 Å². The Labute approximate surface area is 174 Å². The van der Waals surface area contributed by atoms with Gasteiger partial charge in [0.25, 0.3) is 11.1 Å². The van der Waals surface area contributed by atoms with Crippen LogP contribution in [0.1, 0.15) is 36.4 Å². The van der Waals surface area contributed by atoms with Gasteiger partial charge in [-0.25, -0.2) is 4.79 Å². The second kappa shape index (κ2) is 8.29. The number of amides is 2. The number of aromatic nitrogens is 1. The van der Waals surface area contributed by atoms with Crippen LogP contribution < -0.4 is 0 Å². The molecule has 2 amide bonds. The first kappa shape index (κ1) is 20.9. The van der Waals surface area contributed by atoms with Crippen LogP contribution in [0, 0.1) is 13.8 Å². The molecule has 1 aromatic heterocycles. The quantitative estimate of drug-likeness (QED) is 0.542. The normalized spacial score (nSPS) is 16.6. The molecule has 1 saturated heterocycles. The Kier molecular flexibility index (Phi) is 5.98. The fourth-order valence-corrected chi connectivity index (χ4v) is 4.34. The van der Waals surface area contributed by atoms with E-state index in [1.54, 1.807) is 6.08 Å². The summed E-state index contributed by atoms with van der Waals surface area (Å²) < 4.78 is 6.78. The first-order valence-electron chi connectivity index (χ1n) is 9.41. The van der Waals surface area contributed by atoms with Crippen molar-refractivity contribution in [3.8, 4) is 5.69 Å². The number of methoxy groups -OCH3 is 1. The molecule has 0 N–H and O–H groups in total. The third kappa shape index (κ3) is 3.87. The first-order chi connectivity index (χ1) is 13.8. The van der Waals surface area contributed by atoms with Crippen molar-refractivity contribution in [2.45, 2.75) is 40.2 Å². The molecule has 0 spiro atoms. The topological polar surface area (TPSA) is 68.6 Å². The smallest absolute Gasteiger partial charge is 0.328 e. The number of esters is 1. The maximum atomic E-state index is 12.7. The highest BCUT2D eigenvalue weighted by Gasteiger charge is 2.41. The fraction of sp³-hybridized carbons (Fsp3) is 0.318. The highest BCUT2D eigenvalue weighted by atomic mass is 32.2. The van der Waals surface area contributed by atoms with Gasteiger partial charge in [0.15, 0.2) is 0 Å². The first-order valence-corrected chi connectivity index (χ1v) is 10.2. The van der Waals surface area contributed by atoms with Crippen LogP contribution in [-0.2, 0) is 20.7 Å². The minimum Gasteiger partial charge on any atom is -0.467 e. The van der Waals surface area contributed by atoms with E-state index in [0.717, 1.165) is 45.7 Å². The van der Waals surface area contributed by atoms with Gasteiger partial charge in [0.1, 0.15) is 6.04 Å². The monoisotopic (exact) mass is 412 g/mol. The molecule has 2 aromatic rings. The SMILES string of the molecule is CCc1ccc(-n2c(C)cc(/C=C3\SC(=O)N([C@H](C)C(=O)OC)C3=O)c2C)cc1. The Morgan fingerprint density at radius 3 is 2.45 bits per heavy atom. The van der Waals surface area contributed by atoms with Gasteiger partial charge < -0.3 is 9.30 Å². The minimum atomic E-state index is -0.956. The second-order valence-corrected chi connectivity index (χ2v) is 7.93. The third-order valence-corrected chi connectivity index (χ3v) is 6.00. The lowest BCUT2D eigenvalue weighted by atomic mass is 10.1. The van der Waals surface area contributed by atoms with Gasteiger partial charge in [-0.1, -0.05) is 19.1 Å². The molecule has 2 heterocycles. The maximum Gasteiger partial charge on any atom is 0.328 e. The molecule has 7 heteroatoms. The molecular formula is C22H24N2O4S. The van der Waals surface area contributed by atoms with Crippen LogP contribution in [0.5, 0.6) is 0 Å². The molecule has 152 valence electrons. The number of hydrogen-bond donors (Lipinski definition) is 0. The summed E-state index contributed by atoms with van der Waals surface area (Å²) in [5, 5.41) is -0.469. The molecule has 0 radical (unpaired) electrons. The molecular weight excluding hydrogens is 388 g/mol. The average molecular weight is 413 g/mol. The third-order valence-electron chi connectivity index (χ3n) is 5.11. The van der Waals surface area contributed by atoms with Crippen molar-refractivity contribution < 1.29 is 19.1 Å². The predicted molar refractivity (Wildman–Crippen MR) is 114 cm³/mol. The number of hydrogen-bond acceptors (Lipinski definition) is 5. The number of imide groups is 1. The van der Waals surface area contributed by atoms with E-state index in [4.69, 9.17) is 0 Å². The van der Waals surface area contributed by atoms with Crippen LogP contribution in [0.4, 0.5) is 4.79 Å². The largest absolute Gasteiger partial charge is 0.467 e. The van der Waals surface area contributed by atoms with E-state index in [1.165, 1.54) is 19.6 Å². The summed E-state index contributed by atoms with van der Waals surface area (Å²) in [5.41, 5.74) is 5.17. The number of rotatable bonds is 5. The summed E-state index contributed by atoms with van der Waals surface area (Å²) in [4.78, 5) is 38.0. The summed E-state index contributed by atoms with van der Waals surface area (Å²) in [6.07, 6.45) is 2.70. The van der Waals surface area contributed by atoms with Gasteiger partial charge >= 0.3 is 5.97 Å². The van der Waals surface area contributed by atoms with Crippen molar-refractivity contribution in [1.82, 2.24) is 9.47 Å². The van der Waals surface area contributed by atoms with Crippen molar-refractivity contribution in [3.05, 3.63) is 57.8 Å². The Bertz CT molecular complexity index is 1000. The van der Waals surface area contributed by atoms with Crippen molar-refractivity contribution in [2.24, 2.45) is 0 Å². The zero-order valence-corrected chi connectivity index (χ0v) is 18.0. The second-order valence-electron chi connectivity index (χ2n) is 6.93. The number of carbonyl (C=O) groups is 3. The number of nitrogens with zero attached hydrogens (tertiary/aromatic N) is 2. The molecule has 1 aromatic carbocycles. The zero-order chi connectivity index (χ0) is 21.3. The lowest BCUT2D eigenvalue weighted by Crippen LogP contribution is -2.42. The molecule has 29 heavy (non-hydrogen) atoms. The summed E-state index contributed by atoms with van der Waals surface area (Å²) in [5.74, 6) is -1.10. The maximum absolute atomic E-state index is 12.7. The van der Waals surface area contributed by atoms with E-state index in [2.05, 4.69) is 40.5 Å². The van der Waals surface area contributed by atoms with E-state index in [9.17, 15) is 14.4 Å². The van der Waals surface area contributed by atoms with Crippen molar-refractivity contribution in [1.29, 1.82) is 0 Å². The van der Waals surface area contributed by atoms with Crippen molar-refractivity contribution in [3.63, 3.8) is 0 Å². The molecule has 1 aliphatic heterocycles. The minimum absolute atomic E-state index is 0.298. The Balaban J connectivity index is 1.94. The highest BCUT2D eigenvalue weighted by molar-refractivity contribution is 8.18. The lowest BCUT2D eigenvalue weighted by molar-refractivity contribution is -0.148. The van der Waals surface area contributed by atoms with Gasteiger partial charge in [-0.15, -0.1) is 0 Å². The van der Waals surface area contributed by atoms with Gasteiger partial charge in [0.2, 0.25) is 0 Å². The number of ether oxygens (including phenoxy) is 1. The van der Waals surface area contributed by atoms with Crippen molar-refractivity contribution in [2.75, 3.05) is 7.11 Å². The van der Waals surface area contributed by atoms with Crippen molar-refractivity contribution >= 4 is 35.0 Å². The molecule has 3 rings (SSSR count). The van der Waals surface area contributed by atoms with E-state index >= 15 is 0 Å². The van der Waals surface area contributed by atoms with Crippen LogP contribution in [0.2, 0.25) is 0 Å². The molecule has 0 aliphatic carbocycles. The standard InChI is InChI=1S/C22H24N2O4S/c1-6-16-7-9-18(10-8-16)23-13(2)11-17(14(23)3)12-19-20(25)24(22(27)29-19)15(4)21(26)28-5/h7-12,15H,6H2,1-5H3/b19-12-/t15-/m1/s1. The number of thioether (sulfide) groups is 1. The lowest BCUT2D eigenvalue weighted by Gasteiger charge is -2.18. The van der Waals surface area contributed by atoms with E-state index in [1.807, 2.05) is 19.9 Å². The number of aryl methyl sites for hydroxylation is 2. The van der Waals surface area contributed by atoms with Crippen LogP contribution in [0.3, 0.4) is 0 Å². The zero-order valence-electron chi connectivity index (χ0n) is 17.2. The molecule has 1 fully saturated rings. The summed E-state index contributed by atoms with van der Waals surface area (Å²) >= 11 is 0.839. The summed E-state index contributed by atoms with van der Waals surface area (Å²) in [6.45, 7) is 7.58. The Morgan fingerprint density at radius 2 is 1.86 bits per heavy atom. The molecule has 1 aliphatic rings. The molecule has 0 unspecified atom stereocenters. The van der Waals surface area contributed by atoms with Gasteiger partial charge in [-0.3, -0.25) is 14.5 Å². The summed E-state index contributed by atoms with van der Waals surface area (Å²) in [7, 11) is 1.23. The molecule has 6 nitrogen and oxygen atoms in total. The molecule has 0 saturated carbocycles. The van der Waals surface area contributed by atoms with Gasteiger partial charge in [-0.2, -0.15) is 0 Å². The van der Waals surface area contributed by atoms with E-state index in [-0.39, 0.29) is 0 Å². The van der Waals surface area contributed by atoms with Gasteiger partial charge in [0.05, 0.1) is 12.0 Å². The number of carbonyl (C=O) groups excluding carboxylic acids is 3. The molecule has 0 bridgehead atoms. The fourth-order valence-electron chi connectivity index (χ4n) is 3.44. The summed E-state index contributed by atoms with van der Waals surface area (Å²) in [6, 6.07) is 9.40. The predicted octanol–water partition coefficient (Wildman–Crippen LogP) is 4.25. The Morgan fingerprint density at radius 1 is 1.21 bits per heavy atom. The van der Waals surface area contributed by atoms with Crippen LogP contribution in [0.25, 0.3) is 11.8 Å². The highest BCUT2D eigenvalue weighted by Crippen LogP contribution is 2.35. The van der Waals surface area contributed by atoms with Crippen LogP contribution in [-0.4, -0.2) is 39.7 Å². The Hall–Kier alpha value is -2.80. The van der Waals surface area contributed by atoms with Crippen LogP contribution >= 0.6 is 11.8 Å². The van der Waals surface area contributed by atoms with Gasteiger partial charge in [-0.05, 0) is 74.4 Å². The van der Waals surface area contributed by atoms with E-state index < -0.39 is 23.2 Å². The van der Waals surface area contributed by atoms with E-state index in [0.29, 0.717) is 4.91 Å². The molecule has 1 atom stereocenters. The number of benzene rings is 1.